The molecule has 0 aromatic carbocycles. The molecule has 0 bridgehead atoms. The van der Waals surface area contributed by atoms with Crippen LogP contribution >= 0.6 is 0 Å². The first-order valence-corrected chi connectivity index (χ1v) is 6.50. The lowest BCUT2D eigenvalue weighted by Gasteiger charge is -2.21. The summed E-state index contributed by atoms with van der Waals surface area (Å²) in [7, 11) is 0. The molecule has 17 heavy (non-hydrogen) atoms. The Morgan fingerprint density at radius 1 is 1.35 bits per heavy atom. The number of rotatable bonds is 3. The highest BCUT2D eigenvalue weighted by molar-refractivity contribution is 5.52. The van der Waals surface area contributed by atoms with Gasteiger partial charge < -0.3 is 5.32 Å². The zero-order valence-electron chi connectivity index (χ0n) is 10.4. The first-order chi connectivity index (χ1) is 8.35. The van der Waals surface area contributed by atoms with Crippen LogP contribution in [0.4, 0.5) is 5.82 Å². The van der Waals surface area contributed by atoms with E-state index < -0.39 is 0 Å². The fraction of sp³-hybridized carbons (Fsp3) is 0.571. The summed E-state index contributed by atoms with van der Waals surface area (Å²) in [5, 5.41) is 12.2. The van der Waals surface area contributed by atoms with Gasteiger partial charge in [-0.3, -0.25) is 0 Å². The van der Waals surface area contributed by atoms with Gasteiger partial charge in [-0.15, -0.1) is 0 Å². The summed E-state index contributed by atoms with van der Waals surface area (Å²) in [6.45, 7) is 2.83. The SMILES string of the molecule is CCNc1nc(C2CCCCC2)ccc1C#N. The monoisotopic (exact) mass is 229 g/mol. The van der Waals surface area contributed by atoms with Gasteiger partial charge in [-0.1, -0.05) is 19.3 Å². The van der Waals surface area contributed by atoms with E-state index >= 15 is 0 Å². The molecule has 1 N–H and O–H groups in total. The lowest BCUT2D eigenvalue weighted by atomic mass is 9.86. The van der Waals surface area contributed by atoms with Gasteiger partial charge in [-0.05, 0) is 31.9 Å². The van der Waals surface area contributed by atoms with Crippen LogP contribution in [0.2, 0.25) is 0 Å². The second kappa shape index (κ2) is 5.67. The van der Waals surface area contributed by atoms with Crippen molar-refractivity contribution in [1.82, 2.24) is 4.98 Å². The van der Waals surface area contributed by atoms with Gasteiger partial charge >= 0.3 is 0 Å². The molecule has 1 heterocycles. The first kappa shape index (κ1) is 11.9. The Hall–Kier alpha value is -1.56. The largest absolute Gasteiger partial charge is 0.369 e. The summed E-state index contributed by atoms with van der Waals surface area (Å²) < 4.78 is 0. The predicted molar refractivity (Wildman–Crippen MR) is 68.9 cm³/mol. The number of nitrogens with one attached hydrogen (secondary N) is 1. The Morgan fingerprint density at radius 2 is 2.12 bits per heavy atom. The van der Waals surface area contributed by atoms with Crippen molar-refractivity contribution in [2.75, 3.05) is 11.9 Å². The van der Waals surface area contributed by atoms with Crippen LogP contribution in [0.3, 0.4) is 0 Å². The molecule has 1 aromatic heterocycles. The Labute approximate surface area is 103 Å². The van der Waals surface area contributed by atoms with Crippen molar-refractivity contribution in [1.29, 1.82) is 5.26 Å². The number of nitriles is 1. The van der Waals surface area contributed by atoms with Crippen LogP contribution in [0.25, 0.3) is 0 Å². The van der Waals surface area contributed by atoms with Crippen molar-refractivity contribution in [2.45, 2.75) is 44.9 Å². The summed E-state index contributed by atoms with van der Waals surface area (Å²) in [5.74, 6) is 1.34. The van der Waals surface area contributed by atoms with Crippen LogP contribution < -0.4 is 5.32 Å². The minimum atomic E-state index is 0.592. The molecule has 1 aromatic rings. The molecule has 2 rings (SSSR count). The quantitative estimate of drug-likeness (QED) is 0.863. The van der Waals surface area contributed by atoms with Crippen molar-refractivity contribution in [3.05, 3.63) is 23.4 Å². The third-order valence-corrected chi connectivity index (χ3v) is 3.40. The number of hydrogen-bond donors (Lipinski definition) is 1. The van der Waals surface area contributed by atoms with Crippen molar-refractivity contribution >= 4 is 5.82 Å². The van der Waals surface area contributed by atoms with Gasteiger partial charge in [0.1, 0.15) is 11.9 Å². The van der Waals surface area contributed by atoms with Crippen LogP contribution in [-0.2, 0) is 0 Å². The van der Waals surface area contributed by atoms with Crippen molar-refractivity contribution in [2.24, 2.45) is 0 Å². The minimum absolute atomic E-state index is 0.592. The Balaban J connectivity index is 2.23. The third kappa shape index (κ3) is 2.76. The molecule has 1 aliphatic rings. The van der Waals surface area contributed by atoms with Gasteiger partial charge in [0.25, 0.3) is 0 Å². The number of hydrogen-bond acceptors (Lipinski definition) is 3. The summed E-state index contributed by atoms with van der Waals surface area (Å²) in [6.07, 6.45) is 6.45. The van der Waals surface area contributed by atoms with Gasteiger partial charge in [0.05, 0.1) is 5.56 Å². The maximum Gasteiger partial charge on any atom is 0.144 e. The molecule has 90 valence electrons. The molecular weight excluding hydrogens is 210 g/mol. The molecule has 0 radical (unpaired) electrons. The lowest BCUT2D eigenvalue weighted by Crippen LogP contribution is -2.09. The Bertz CT molecular complexity index is 414. The van der Waals surface area contributed by atoms with E-state index in [9.17, 15) is 0 Å². The Morgan fingerprint density at radius 3 is 2.76 bits per heavy atom. The van der Waals surface area contributed by atoms with Crippen LogP contribution in [-0.4, -0.2) is 11.5 Å². The van der Waals surface area contributed by atoms with E-state index in [0.29, 0.717) is 11.5 Å². The number of anilines is 1. The molecule has 3 nitrogen and oxygen atoms in total. The van der Waals surface area contributed by atoms with E-state index in [1.807, 2.05) is 19.1 Å². The van der Waals surface area contributed by atoms with E-state index in [4.69, 9.17) is 5.26 Å². The molecule has 0 amide bonds. The van der Waals surface area contributed by atoms with Crippen LogP contribution in [0.5, 0.6) is 0 Å². The lowest BCUT2D eigenvalue weighted by molar-refractivity contribution is 0.437. The second-order valence-electron chi connectivity index (χ2n) is 4.61. The standard InChI is InChI=1S/C14H19N3/c1-2-16-14-12(10-15)8-9-13(17-14)11-6-4-3-5-7-11/h8-9,11H,2-7H2,1H3,(H,16,17). The molecule has 0 atom stereocenters. The molecule has 1 fully saturated rings. The molecule has 0 unspecified atom stereocenters. The van der Waals surface area contributed by atoms with E-state index in [1.165, 1.54) is 32.1 Å². The average Bonchev–Trinajstić information content (AvgIpc) is 2.40. The molecule has 1 aliphatic carbocycles. The Kier molecular flexibility index (Phi) is 3.98. The van der Waals surface area contributed by atoms with Crippen molar-refractivity contribution in [3.63, 3.8) is 0 Å². The predicted octanol–water partition coefficient (Wildman–Crippen LogP) is 3.43. The topological polar surface area (TPSA) is 48.7 Å². The fourth-order valence-corrected chi connectivity index (χ4v) is 2.49. The fourth-order valence-electron chi connectivity index (χ4n) is 2.49. The average molecular weight is 229 g/mol. The van der Waals surface area contributed by atoms with Crippen LogP contribution in [0, 0.1) is 11.3 Å². The second-order valence-corrected chi connectivity index (χ2v) is 4.61. The van der Waals surface area contributed by atoms with Crippen molar-refractivity contribution in [3.8, 4) is 6.07 Å². The highest BCUT2D eigenvalue weighted by Gasteiger charge is 2.17. The van der Waals surface area contributed by atoms with Gasteiger partial charge in [0.15, 0.2) is 0 Å². The zero-order valence-corrected chi connectivity index (χ0v) is 10.4. The van der Waals surface area contributed by atoms with E-state index in [-0.39, 0.29) is 0 Å². The maximum absolute atomic E-state index is 9.02. The highest BCUT2D eigenvalue weighted by Crippen LogP contribution is 2.32. The molecular formula is C14H19N3. The van der Waals surface area contributed by atoms with Gasteiger partial charge in [-0.25, -0.2) is 4.98 Å². The number of nitrogens with zero attached hydrogens (tertiary/aromatic N) is 2. The number of aromatic nitrogens is 1. The van der Waals surface area contributed by atoms with Gasteiger partial charge in [0.2, 0.25) is 0 Å². The van der Waals surface area contributed by atoms with Gasteiger partial charge in [0, 0.05) is 18.2 Å². The molecule has 0 aliphatic heterocycles. The zero-order chi connectivity index (χ0) is 12.1. The first-order valence-electron chi connectivity index (χ1n) is 6.50. The van der Waals surface area contributed by atoms with Crippen LogP contribution in [0.1, 0.15) is 56.2 Å². The maximum atomic E-state index is 9.02. The third-order valence-electron chi connectivity index (χ3n) is 3.40. The smallest absolute Gasteiger partial charge is 0.144 e. The summed E-state index contributed by atoms with van der Waals surface area (Å²) >= 11 is 0. The summed E-state index contributed by atoms with van der Waals surface area (Å²) in [4.78, 5) is 4.62. The van der Waals surface area contributed by atoms with Crippen molar-refractivity contribution < 1.29 is 0 Å². The minimum Gasteiger partial charge on any atom is -0.369 e. The highest BCUT2D eigenvalue weighted by atomic mass is 15.0. The number of pyridine rings is 1. The molecule has 3 heteroatoms. The van der Waals surface area contributed by atoms with Crippen LogP contribution in [0.15, 0.2) is 12.1 Å². The molecule has 0 spiro atoms. The molecule has 0 saturated heterocycles. The summed E-state index contributed by atoms with van der Waals surface area (Å²) in [5.41, 5.74) is 1.80. The molecule has 1 saturated carbocycles. The van der Waals surface area contributed by atoms with Gasteiger partial charge in [-0.2, -0.15) is 5.26 Å². The van der Waals surface area contributed by atoms with E-state index in [1.54, 1.807) is 0 Å². The normalized spacial score (nSPS) is 16.5. The van der Waals surface area contributed by atoms with E-state index in [0.717, 1.165) is 18.1 Å². The van der Waals surface area contributed by atoms with E-state index in [2.05, 4.69) is 16.4 Å². The summed E-state index contributed by atoms with van der Waals surface area (Å²) in [6, 6.07) is 6.11.